The molecule has 1 amide bonds. The highest BCUT2D eigenvalue weighted by molar-refractivity contribution is 6.01. The zero-order valence-electron chi connectivity index (χ0n) is 13.5. The molecule has 24 heavy (non-hydrogen) atoms. The Kier molecular flexibility index (Phi) is 5.51. The Morgan fingerprint density at radius 1 is 1.38 bits per heavy atom. The van der Waals surface area contributed by atoms with Gasteiger partial charge in [-0.15, -0.1) is 0 Å². The number of ether oxygens (including phenoxy) is 2. The van der Waals surface area contributed by atoms with E-state index in [0.717, 1.165) is 38.4 Å². The van der Waals surface area contributed by atoms with Crippen LogP contribution in [0.2, 0.25) is 0 Å². The second kappa shape index (κ2) is 7.99. The smallest absolute Gasteiger partial charge is 0.262 e. The summed E-state index contributed by atoms with van der Waals surface area (Å²) >= 11 is 0. The molecule has 3 heterocycles. The first kappa shape index (κ1) is 16.6. The van der Waals surface area contributed by atoms with Gasteiger partial charge in [0.15, 0.2) is 5.88 Å². The zero-order chi connectivity index (χ0) is 16.8. The maximum atomic E-state index is 12.1. The van der Waals surface area contributed by atoms with Gasteiger partial charge in [-0.05, 0) is 18.9 Å². The lowest BCUT2D eigenvalue weighted by Crippen LogP contribution is -2.35. The van der Waals surface area contributed by atoms with Crippen LogP contribution in [0.1, 0.15) is 18.6 Å². The summed E-state index contributed by atoms with van der Waals surface area (Å²) in [5.41, 5.74) is 0.0240. The molecule has 7 heteroatoms. The van der Waals surface area contributed by atoms with Crippen LogP contribution in [0.25, 0.3) is 6.08 Å². The topological polar surface area (TPSA) is 87.7 Å². The molecule has 0 saturated carbocycles. The number of furan rings is 1. The Labute approximate surface area is 140 Å². The normalized spacial score (nSPS) is 21.5. The molecule has 2 fully saturated rings. The molecule has 1 atom stereocenters. The van der Waals surface area contributed by atoms with Crippen molar-refractivity contribution in [1.82, 2.24) is 5.32 Å². The number of nitrogens with one attached hydrogen (secondary N) is 1. The predicted octanol–water partition coefficient (Wildman–Crippen LogP) is 1.32. The van der Waals surface area contributed by atoms with E-state index in [2.05, 4.69) is 10.2 Å². The SMILES string of the molecule is N#C/C(=C/c1ccc(N2CCOCC2)o1)C(=O)NC[C@@H]1CCCO1. The number of hydrogen-bond acceptors (Lipinski definition) is 6. The van der Waals surface area contributed by atoms with Crippen molar-refractivity contribution in [3.8, 4) is 6.07 Å². The quantitative estimate of drug-likeness (QED) is 0.647. The van der Waals surface area contributed by atoms with E-state index in [0.29, 0.717) is 25.5 Å². The fraction of sp³-hybridized carbons (Fsp3) is 0.529. The lowest BCUT2D eigenvalue weighted by Gasteiger charge is -2.26. The van der Waals surface area contributed by atoms with Crippen LogP contribution in [-0.4, -0.2) is 51.5 Å². The van der Waals surface area contributed by atoms with Crippen LogP contribution in [-0.2, 0) is 14.3 Å². The van der Waals surface area contributed by atoms with Gasteiger partial charge in [0.1, 0.15) is 17.4 Å². The van der Waals surface area contributed by atoms with E-state index < -0.39 is 5.91 Å². The Morgan fingerprint density at radius 2 is 2.21 bits per heavy atom. The van der Waals surface area contributed by atoms with Gasteiger partial charge in [-0.1, -0.05) is 0 Å². The van der Waals surface area contributed by atoms with E-state index in [9.17, 15) is 10.1 Å². The maximum absolute atomic E-state index is 12.1. The van der Waals surface area contributed by atoms with Crippen LogP contribution in [0.15, 0.2) is 22.1 Å². The number of amides is 1. The first-order chi connectivity index (χ1) is 11.8. The third-order valence-corrected chi connectivity index (χ3v) is 4.10. The van der Waals surface area contributed by atoms with E-state index >= 15 is 0 Å². The van der Waals surface area contributed by atoms with Gasteiger partial charge in [0.25, 0.3) is 5.91 Å². The van der Waals surface area contributed by atoms with Gasteiger partial charge in [-0.25, -0.2) is 0 Å². The highest BCUT2D eigenvalue weighted by Gasteiger charge is 2.18. The van der Waals surface area contributed by atoms with Crippen molar-refractivity contribution >= 4 is 17.9 Å². The Morgan fingerprint density at radius 3 is 2.92 bits per heavy atom. The highest BCUT2D eigenvalue weighted by atomic mass is 16.5. The zero-order valence-corrected chi connectivity index (χ0v) is 13.5. The molecule has 128 valence electrons. The summed E-state index contributed by atoms with van der Waals surface area (Å²) < 4.78 is 16.5. The van der Waals surface area contributed by atoms with E-state index in [1.807, 2.05) is 12.1 Å². The van der Waals surface area contributed by atoms with Crippen molar-refractivity contribution in [1.29, 1.82) is 5.26 Å². The van der Waals surface area contributed by atoms with Crippen molar-refractivity contribution in [2.24, 2.45) is 0 Å². The van der Waals surface area contributed by atoms with E-state index in [1.54, 1.807) is 6.07 Å². The number of nitriles is 1. The second-order valence-electron chi connectivity index (χ2n) is 5.79. The van der Waals surface area contributed by atoms with Crippen LogP contribution < -0.4 is 10.2 Å². The molecule has 2 saturated heterocycles. The summed E-state index contributed by atoms with van der Waals surface area (Å²) in [6.07, 6.45) is 3.46. The Hall–Kier alpha value is -2.30. The standard InChI is InChI=1S/C17H21N3O4/c18-11-13(17(21)19-12-15-2-1-7-23-15)10-14-3-4-16(24-14)20-5-8-22-9-6-20/h3-4,10,15H,1-2,5-9,12H2,(H,19,21)/b13-10-/t15-/m0/s1. The number of anilines is 1. The van der Waals surface area contributed by atoms with Gasteiger partial charge in [0, 0.05) is 38.4 Å². The lowest BCUT2D eigenvalue weighted by molar-refractivity contribution is -0.117. The fourth-order valence-electron chi connectivity index (χ4n) is 2.77. The van der Waals surface area contributed by atoms with Crippen molar-refractivity contribution in [3.63, 3.8) is 0 Å². The number of carbonyl (C=O) groups is 1. The van der Waals surface area contributed by atoms with Crippen LogP contribution in [0.3, 0.4) is 0 Å². The fourth-order valence-corrected chi connectivity index (χ4v) is 2.77. The molecule has 0 bridgehead atoms. The summed E-state index contributed by atoms with van der Waals surface area (Å²) in [6.45, 7) is 4.03. The molecule has 7 nitrogen and oxygen atoms in total. The lowest BCUT2D eigenvalue weighted by atomic mass is 10.2. The van der Waals surface area contributed by atoms with Crippen LogP contribution >= 0.6 is 0 Å². The van der Waals surface area contributed by atoms with Gasteiger partial charge in [0.2, 0.25) is 0 Å². The highest BCUT2D eigenvalue weighted by Crippen LogP contribution is 2.21. The van der Waals surface area contributed by atoms with Gasteiger partial charge >= 0.3 is 0 Å². The number of hydrogen-bond donors (Lipinski definition) is 1. The summed E-state index contributed by atoms with van der Waals surface area (Å²) in [5.74, 6) is 0.805. The second-order valence-corrected chi connectivity index (χ2v) is 5.79. The Balaban J connectivity index is 1.60. The number of nitrogens with zero attached hydrogens (tertiary/aromatic N) is 2. The van der Waals surface area contributed by atoms with Crippen molar-refractivity contribution in [3.05, 3.63) is 23.5 Å². The van der Waals surface area contributed by atoms with Gasteiger partial charge in [-0.3, -0.25) is 4.79 Å². The molecule has 0 radical (unpaired) electrons. The average Bonchev–Trinajstić information content (AvgIpc) is 3.30. The molecule has 1 N–H and O–H groups in total. The predicted molar refractivity (Wildman–Crippen MR) is 87.3 cm³/mol. The summed E-state index contributed by atoms with van der Waals surface area (Å²) in [7, 11) is 0. The summed E-state index contributed by atoms with van der Waals surface area (Å²) in [4.78, 5) is 14.2. The van der Waals surface area contributed by atoms with Crippen molar-refractivity contribution in [2.75, 3.05) is 44.4 Å². The van der Waals surface area contributed by atoms with Gasteiger partial charge < -0.3 is 24.1 Å². The van der Waals surface area contributed by atoms with E-state index in [4.69, 9.17) is 13.9 Å². The monoisotopic (exact) mass is 331 g/mol. The van der Waals surface area contributed by atoms with E-state index in [1.165, 1.54) is 6.08 Å². The summed E-state index contributed by atoms with van der Waals surface area (Å²) in [5, 5.41) is 12.0. The van der Waals surface area contributed by atoms with Crippen molar-refractivity contribution < 1.29 is 18.7 Å². The molecule has 2 aliphatic heterocycles. The number of morpholine rings is 1. The largest absolute Gasteiger partial charge is 0.441 e. The Bertz CT molecular complexity index is 635. The first-order valence-corrected chi connectivity index (χ1v) is 8.20. The molecule has 2 aliphatic rings. The van der Waals surface area contributed by atoms with E-state index in [-0.39, 0.29) is 11.7 Å². The molecule has 1 aromatic rings. The molecular weight excluding hydrogens is 310 g/mol. The molecule has 0 unspecified atom stereocenters. The first-order valence-electron chi connectivity index (χ1n) is 8.20. The number of carbonyl (C=O) groups excluding carboxylic acids is 1. The third-order valence-electron chi connectivity index (χ3n) is 4.10. The van der Waals surface area contributed by atoms with Crippen LogP contribution in [0, 0.1) is 11.3 Å². The molecule has 0 spiro atoms. The molecule has 0 aliphatic carbocycles. The van der Waals surface area contributed by atoms with Gasteiger partial charge in [0.05, 0.1) is 19.3 Å². The average molecular weight is 331 g/mol. The minimum absolute atomic E-state index is 0.0240. The molecule has 1 aromatic heterocycles. The molecule has 3 rings (SSSR count). The minimum atomic E-state index is -0.405. The van der Waals surface area contributed by atoms with Crippen LogP contribution in [0.5, 0.6) is 0 Å². The minimum Gasteiger partial charge on any atom is -0.441 e. The molecule has 0 aromatic carbocycles. The van der Waals surface area contributed by atoms with Crippen molar-refractivity contribution in [2.45, 2.75) is 18.9 Å². The molecular formula is C17H21N3O4. The summed E-state index contributed by atoms with van der Waals surface area (Å²) in [6, 6.07) is 5.53. The van der Waals surface area contributed by atoms with Crippen LogP contribution in [0.4, 0.5) is 5.88 Å². The third kappa shape index (κ3) is 4.16. The number of rotatable bonds is 5. The maximum Gasteiger partial charge on any atom is 0.262 e. The van der Waals surface area contributed by atoms with Gasteiger partial charge in [-0.2, -0.15) is 5.26 Å².